The number of hydrogen-bond acceptors (Lipinski definition) is 5. The largest absolute Gasteiger partial charge is 0.351 e. The summed E-state index contributed by atoms with van der Waals surface area (Å²) in [5.41, 5.74) is 2.47. The number of aryl methyl sites for hydroxylation is 1. The molecule has 1 amide bonds. The van der Waals surface area contributed by atoms with E-state index in [9.17, 15) is 9.18 Å². The Labute approximate surface area is 193 Å². The van der Waals surface area contributed by atoms with Gasteiger partial charge in [-0.25, -0.2) is 4.39 Å². The maximum absolute atomic E-state index is 13.7. The molecule has 0 radical (unpaired) electrons. The van der Waals surface area contributed by atoms with E-state index in [0.717, 1.165) is 23.4 Å². The van der Waals surface area contributed by atoms with Gasteiger partial charge in [0.15, 0.2) is 11.0 Å². The average molecular weight is 456 g/mol. The zero-order chi connectivity index (χ0) is 23.1. The van der Waals surface area contributed by atoms with Gasteiger partial charge in [0.05, 0.1) is 18.3 Å². The average Bonchev–Trinajstić information content (AvgIpc) is 3.16. The first-order valence-electron chi connectivity index (χ1n) is 10.7. The highest BCUT2D eigenvalue weighted by molar-refractivity contribution is 7.99. The van der Waals surface area contributed by atoms with Crippen molar-refractivity contribution in [2.45, 2.75) is 44.6 Å². The Hall–Kier alpha value is -2.71. The maximum atomic E-state index is 13.7. The number of amides is 1. The van der Waals surface area contributed by atoms with Crippen LogP contribution in [0, 0.1) is 12.7 Å². The van der Waals surface area contributed by atoms with Gasteiger partial charge in [-0.15, -0.1) is 10.2 Å². The number of rotatable bonds is 10. The number of halogens is 1. The molecule has 2 aromatic carbocycles. The van der Waals surface area contributed by atoms with E-state index in [1.165, 1.54) is 17.8 Å². The third kappa shape index (κ3) is 6.17. The van der Waals surface area contributed by atoms with Crippen molar-refractivity contribution in [2.24, 2.45) is 0 Å². The van der Waals surface area contributed by atoms with Crippen molar-refractivity contribution in [3.05, 3.63) is 76.9 Å². The molecule has 0 aliphatic carbocycles. The molecule has 6 nitrogen and oxygen atoms in total. The summed E-state index contributed by atoms with van der Waals surface area (Å²) in [6.07, 6.45) is 0.901. The van der Waals surface area contributed by atoms with Crippen LogP contribution in [0.3, 0.4) is 0 Å². The summed E-state index contributed by atoms with van der Waals surface area (Å²) in [5, 5.41) is 12.4. The Morgan fingerprint density at radius 1 is 1.16 bits per heavy atom. The summed E-state index contributed by atoms with van der Waals surface area (Å²) >= 11 is 1.36. The van der Waals surface area contributed by atoms with Gasteiger partial charge in [0.1, 0.15) is 5.82 Å². The maximum Gasteiger partial charge on any atom is 0.230 e. The van der Waals surface area contributed by atoms with Crippen molar-refractivity contribution < 1.29 is 9.18 Å². The number of aromatic nitrogens is 3. The van der Waals surface area contributed by atoms with Gasteiger partial charge in [0, 0.05) is 6.54 Å². The monoisotopic (exact) mass is 455 g/mol. The number of benzene rings is 2. The molecule has 0 saturated carbocycles. The quantitative estimate of drug-likeness (QED) is 0.465. The Morgan fingerprint density at radius 3 is 2.56 bits per heavy atom. The van der Waals surface area contributed by atoms with Gasteiger partial charge in [0.25, 0.3) is 0 Å². The number of carbonyl (C=O) groups excluding carboxylic acids is 1. The van der Waals surface area contributed by atoms with Crippen molar-refractivity contribution in [3.8, 4) is 0 Å². The predicted molar refractivity (Wildman–Crippen MR) is 126 cm³/mol. The zero-order valence-corrected chi connectivity index (χ0v) is 19.8. The highest BCUT2D eigenvalue weighted by Crippen LogP contribution is 2.26. The summed E-state index contributed by atoms with van der Waals surface area (Å²) in [6, 6.07) is 15.3. The van der Waals surface area contributed by atoms with Crippen LogP contribution in [-0.2, 0) is 17.9 Å². The Bertz CT molecular complexity index is 1040. The van der Waals surface area contributed by atoms with E-state index in [-0.39, 0.29) is 30.1 Å². The van der Waals surface area contributed by atoms with Crippen molar-refractivity contribution in [1.29, 1.82) is 0 Å². The number of carbonyl (C=O) groups is 1. The van der Waals surface area contributed by atoms with Crippen LogP contribution in [0.15, 0.2) is 53.7 Å². The van der Waals surface area contributed by atoms with Crippen LogP contribution in [0.25, 0.3) is 0 Å². The van der Waals surface area contributed by atoms with Crippen molar-refractivity contribution in [2.75, 3.05) is 19.8 Å². The van der Waals surface area contributed by atoms with E-state index < -0.39 is 0 Å². The lowest BCUT2D eigenvalue weighted by molar-refractivity contribution is -0.118. The van der Waals surface area contributed by atoms with Gasteiger partial charge >= 0.3 is 0 Å². The van der Waals surface area contributed by atoms with Crippen LogP contribution in [0.2, 0.25) is 0 Å². The van der Waals surface area contributed by atoms with E-state index in [1.807, 2.05) is 38.4 Å². The minimum atomic E-state index is -0.265. The molecule has 0 fully saturated rings. The third-order valence-electron chi connectivity index (χ3n) is 5.30. The molecule has 1 unspecified atom stereocenters. The van der Waals surface area contributed by atoms with E-state index >= 15 is 0 Å². The molecular weight excluding hydrogens is 425 g/mol. The normalized spacial score (nSPS) is 12.2. The number of thioether (sulfide) groups is 1. The minimum Gasteiger partial charge on any atom is -0.351 e. The van der Waals surface area contributed by atoms with Crippen LogP contribution in [0.5, 0.6) is 0 Å². The Kier molecular flexibility index (Phi) is 8.41. The molecule has 1 aromatic heterocycles. The molecule has 0 spiro atoms. The molecule has 0 bridgehead atoms. The summed E-state index contributed by atoms with van der Waals surface area (Å²) in [7, 11) is 4.06. The van der Waals surface area contributed by atoms with Gasteiger partial charge < -0.3 is 9.88 Å². The van der Waals surface area contributed by atoms with E-state index in [4.69, 9.17) is 0 Å². The second-order valence-electron chi connectivity index (χ2n) is 7.95. The predicted octanol–water partition coefficient (Wildman–Crippen LogP) is 4.20. The third-order valence-corrected chi connectivity index (χ3v) is 6.26. The van der Waals surface area contributed by atoms with E-state index in [2.05, 4.69) is 44.0 Å². The first-order valence-corrected chi connectivity index (χ1v) is 11.7. The van der Waals surface area contributed by atoms with Crippen molar-refractivity contribution in [1.82, 2.24) is 25.0 Å². The smallest absolute Gasteiger partial charge is 0.230 e. The highest BCUT2D eigenvalue weighted by atomic mass is 32.2. The lowest BCUT2D eigenvalue weighted by atomic mass is 10.1. The molecule has 1 heterocycles. The highest BCUT2D eigenvalue weighted by Gasteiger charge is 2.22. The van der Waals surface area contributed by atoms with Crippen LogP contribution in [-0.4, -0.2) is 45.4 Å². The number of nitrogens with zero attached hydrogens (tertiary/aromatic N) is 4. The number of hydrogen-bond donors (Lipinski definition) is 1. The minimum absolute atomic E-state index is 0.130. The fourth-order valence-corrected chi connectivity index (χ4v) is 4.25. The van der Waals surface area contributed by atoms with Gasteiger partial charge in [-0.05, 0) is 50.2 Å². The molecule has 3 rings (SSSR count). The van der Waals surface area contributed by atoms with E-state index in [1.54, 1.807) is 13.0 Å². The summed E-state index contributed by atoms with van der Waals surface area (Å²) in [6.45, 7) is 4.77. The molecule has 0 aliphatic heterocycles. The summed E-state index contributed by atoms with van der Waals surface area (Å²) < 4.78 is 15.8. The van der Waals surface area contributed by atoms with Crippen LogP contribution in [0.4, 0.5) is 4.39 Å². The van der Waals surface area contributed by atoms with Crippen LogP contribution >= 0.6 is 11.8 Å². The fraction of sp³-hybridized carbons (Fsp3) is 0.375. The molecule has 0 saturated heterocycles. The van der Waals surface area contributed by atoms with Gasteiger partial charge in [-0.1, -0.05) is 61.2 Å². The van der Waals surface area contributed by atoms with E-state index in [0.29, 0.717) is 17.3 Å². The van der Waals surface area contributed by atoms with Crippen molar-refractivity contribution >= 4 is 17.7 Å². The fourth-order valence-electron chi connectivity index (χ4n) is 3.47. The summed E-state index contributed by atoms with van der Waals surface area (Å²) in [5.74, 6) is 0.699. The van der Waals surface area contributed by atoms with Crippen LogP contribution in [0.1, 0.15) is 41.9 Å². The Balaban J connectivity index is 1.70. The lowest BCUT2D eigenvalue weighted by Crippen LogP contribution is -2.25. The molecule has 1 N–H and O–H groups in total. The topological polar surface area (TPSA) is 63.1 Å². The van der Waals surface area contributed by atoms with Crippen LogP contribution < -0.4 is 5.32 Å². The molecule has 170 valence electrons. The molecule has 32 heavy (non-hydrogen) atoms. The molecule has 3 aromatic rings. The first kappa shape index (κ1) is 23.9. The number of nitrogens with one attached hydrogen (secondary N) is 1. The zero-order valence-electron chi connectivity index (χ0n) is 19.0. The lowest BCUT2D eigenvalue weighted by Gasteiger charge is -2.23. The van der Waals surface area contributed by atoms with Crippen molar-refractivity contribution in [3.63, 3.8) is 0 Å². The van der Waals surface area contributed by atoms with Gasteiger partial charge in [-0.2, -0.15) is 0 Å². The second kappa shape index (κ2) is 11.2. The molecule has 1 atom stereocenters. The molecule has 8 heteroatoms. The standard InChI is InChI=1S/C24H30FN5OS/c1-5-21(29(3)4)23-27-28-24(30(23)15-18-9-7-6-8-10-18)32-16-22(31)26-14-19-12-11-17(2)20(25)13-19/h6-13,21H,5,14-16H2,1-4H3,(H,26,31). The molecule has 0 aliphatic rings. The first-order chi connectivity index (χ1) is 15.4. The molecular formula is C24H30FN5OS. The van der Waals surface area contributed by atoms with Gasteiger partial charge in [0.2, 0.25) is 5.91 Å². The SMILES string of the molecule is CCC(c1nnc(SCC(=O)NCc2ccc(C)c(F)c2)n1Cc1ccccc1)N(C)C. The Morgan fingerprint density at radius 2 is 1.91 bits per heavy atom. The summed E-state index contributed by atoms with van der Waals surface area (Å²) in [4.78, 5) is 14.6. The van der Waals surface area contributed by atoms with Gasteiger partial charge in [-0.3, -0.25) is 9.69 Å². The second-order valence-corrected chi connectivity index (χ2v) is 8.89.